The lowest BCUT2D eigenvalue weighted by atomic mass is 10.2. The maximum Gasteiger partial charge on any atom is 0.234 e. The number of carbonyl (C=O) groups excluding carboxylic acids is 1. The van der Waals surface area contributed by atoms with E-state index in [2.05, 4.69) is 15.5 Å². The van der Waals surface area contributed by atoms with E-state index in [0.29, 0.717) is 28.2 Å². The molecule has 178 valence electrons. The summed E-state index contributed by atoms with van der Waals surface area (Å²) in [4.78, 5) is 12.7. The molecule has 0 spiro atoms. The Morgan fingerprint density at radius 1 is 0.943 bits per heavy atom. The Hall–Kier alpha value is -4.18. The van der Waals surface area contributed by atoms with Crippen molar-refractivity contribution in [3.05, 3.63) is 66.7 Å². The molecule has 0 fully saturated rings. The van der Waals surface area contributed by atoms with Gasteiger partial charge in [-0.2, -0.15) is 0 Å². The minimum Gasteiger partial charge on any atom is -0.497 e. The minimum atomic E-state index is -0.177. The number of ether oxygens (including phenoxy) is 4. The number of nitrogens with one attached hydrogen (secondary N) is 1. The average Bonchev–Trinajstić information content (AvgIpc) is 3.54. The summed E-state index contributed by atoms with van der Waals surface area (Å²) in [6, 6.07) is 20.5. The molecular weight excluding hydrogens is 468 g/mol. The van der Waals surface area contributed by atoms with Crippen LogP contribution in [0.15, 0.2) is 71.9 Å². The van der Waals surface area contributed by atoms with Crippen LogP contribution in [0.5, 0.6) is 23.0 Å². The lowest BCUT2D eigenvalue weighted by Gasteiger charge is -2.12. The molecule has 4 aromatic rings. The van der Waals surface area contributed by atoms with Crippen LogP contribution in [0.4, 0.5) is 5.69 Å². The highest BCUT2D eigenvalue weighted by Gasteiger charge is 2.19. The summed E-state index contributed by atoms with van der Waals surface area (Å²) in [5, 5.41) is 12.3. The molecule has 0 unspecified atom stereocenters. The second kappa shape index (κ2) is 9.98. The van der Waals surface area contributed by atoms with Crippen molar-refractivity contribution in [3.8, 4) is 40.1 Å². The number of hydrogen-bond acceptors (Lipinski definition) is 8. The third-order valence-electron chi connectivity index (χ3n) is 5.30. The van der Waals surface area contributed by atoms with Crippen LogP contribution in [-0.4, -0.2) is 47.4 Å². The monoisotopic (exact) mass is 490 g/mol. The third-order valence-corrected chi connectivity index (χ3v) is 6.23. The molecule has 3 aromatic carbocycles. The number of aromatic nitrogens is 3. The standard InChI is InChI=1S/C25H22N4O5S/c1-31-19-8-3-16(4-9-19)24-27-28-25(29(24)18-6-10-20(32-2)11-7-18)35-14-23(30)26-17-5-12-21-22(13-17)34-15-33-21/h3-13H,14-15H2,1-2H3,(H,26,30). The van der Waals surface area contributed by atoms with E-state index in [-0.39, 0.29) is 18.5 Å². The summed E-state index contributed by atoms with van der Waals surface area (Å²) in [5.41, 5.74) is 2.35. The lowest BCUT2D eigenvalue weighted by molar-refractivity contribution is -0.113. The number of amides is 1. The van der Waals surface area contributed by atoms with Crippen LogP contribution >= 0.6 is 11.8 Å². The molecule has 2 heterocycles. The second-order valence-electron chi connectivity index (χ2n) is 7.47. The number of anilines is 1. The first kappa shape index (κ1) is 22.6. The third kappa shape index (κ3) is 4.87. The van der Waals surface area contributed by atoms with Gasteiger partial charge in [-0.1, -0.05) is 11.8 Å². The highest BCUT2D eigenvalue weighted by molar-refractivity contribution is 7.99. The Morgan fingerprint density at radius 3 is 2.34 bits per heavy atom. The SMILES string of the molecule is COc1ccc(-c2nnc(SCC(=O)Nc3ccc4c(c3)OCO4)n2-c2ccc(OC)cc2)cc1. The van der Waals surface area contributed by atoms with Gasteiger partial charge in [0.15, 0.2) is 22.5 Å². The van der Waals surface area contributed by atoms with Crippen LogP contribution in [0, 0.1) is 0 Å². The highest BCUT2D eigenvalue weighted by atomic mass is 32.2. The summed E-state index contributed by atoms with van der Waals surface area (Å²) < 4.78 is 23.2. The van der Waals surface area contributed by atoms with Gasteiger partial charge >= 0.3 is 0 Å². The molecule has 1 aliphatic heterocycles. The van der Waals surface area contributed by atoms with Gasteiger partial charge in [0.2, 0.25) is 12.7 Å². The summed E-state index contributed by atoms with van der Waals surface area (Å²) in [6.07, 6.45) is 0. The van der Waals surface area contributed by atoms with Crippen molar-refractivity contribution in [2.75, 3.05) is 32.1 Å². The van der Waals surface area contributed by atoms with Crippen molar-refractivity contribution in [2.45, 2.75) is 5.16 Å². The molecule has 5 rings (SSSR count). The number of rotatable bonds is 8. The molecule has 1 aromatic heterocycles. The fourth-order valence-corrected chi connectivity index (χ4v) is 4.31. The quantitative estimate of drug-likeness (QED) is 0.363. The number of nitrogens with zero attached hydrogens (tertiary/aromatic N) is 3. The van der Waals surface area contributed by atoms with Gasteiger partial charge in [-0.05, 0) is 60.7 Å². The molecule has 1 N–H and O–H groups in total. The average molecular weight is 491 g/mol. The summed E-state index contributed by atoms with van der Waals surface area (Å²) in [5.74, 6) is 3.38. The zero-order valence-electron chi connectivity index (χ0n) is 19.1. The molecule has 0 bridgehead atoms. The van der Waals surface area contributed by atoms with Crippen molar-refractivity contribution in [1.29, 1.82) is 0 Å². The van der Waals surface area contributed by atoms with Gasteiger partial charge < -0.3 is 24.3 Å². The Bertz CT molecular complexity index is 1340. The van der Waals surface area contributed by atoms with Crippen LogP contribution in [0.1, 0.15) is 0 Å². The van der Waals surface area contributed by atoms with Gasteiger partial charge in [-0.15, -0.1) is 10.2 Å². The molecule has 35 heavy (non-hydrogen) atoms. The van der Waals surface area contributed by atoms with E-state index in [4.69, 9.17) is 18.9 Å². The van der Waals surface area contributed by atoms with Crippen LogP contribution < -0.4 is 24.3 Å². The Kier molecular flexibility index (Phi) is 6.44. The largest absolute Gasteiger partial charge is 0.497 e. The molecule has 1 amide bonds. The molecule has 9 nitrogen and oxygen atoms in total. The highest BCUT2D eigenvalue weighted by Crippen LogP contribution is 2.34. The molecule has 1 aliphatic rings. The van der Waals surface area contributed by atoms with E-state index < -0.39 is 0 Å². The number of hydrogen-bond donors (Lipinski definition) is 1. The zero-order valence-corrected chi connectivity index (χ0v) is 19.9. The van der Waals surface area contributed by atoms with Crippen molar-refractivity contribution in [2.24, 2.45) is 0 Å². The van der Waals surface area contributed by atoms with Crippen molar-refractivity contribution in [3.63, 3.8) is 0 Å². The number of carbonyl (C=O) groups is 1. The topological polar surface area (TPSA) is 96.7 Å². The summed E-state index contributed by atoms with van der Waals surface area (Å²) in [6.45, 7) is 0.181. The predicted octanol–water partition coefficient (Wildman–Crippen LogP) is 4.41. The van der Waals surface area contributed by atoms with Crippen LogP contribution in [0.3, 0.4) is 0 Å². The van der Waals surface area contributed by atoms with Crippen LogP contribution in [-0.2, 0) is 4.79 Å². The van der Waals surface area contributed by atoms with E-state index in [1.54, 1.807) is 32.4 Å². The zero-order chi connectivity index (χ0) is 24.2. The first-order chi connectivity index (χ1) is 17.1. The maximum atomic E-state index is 12.7. The first-order valence-corrected chi connectivity index (χ1v) is 11.7. The Balaban J connectivity index is 1.38. The fourth-order valence-electron chi connectivity index (χ4n) is 3.56. The van der Waals surface area contributed by atoms with E-state index in [1.807, 2.05) is 53.1 Å². The number of benzene rings is 3. The molecule has 0 saturated heterocycles. The molecule has 0 atom stereocenters. The lowest BCUT2D eigenvalue weighted by Crippen LogP contribution is -2.14. The smallest absolute Gasteiger partial charge is 0.234 e. The van der Waals surface area contributed by atoms with Gasteiger partial charge in [0.25, 0.3) is 0 Å². The molecule has 0 saturated carbocycles. The summed E-state index contributed by atoms with van der Waals surface area (Å²) >= 11 is 1.29. The normalized spacial score (nSPS) is 11.8. The molecular formula is C25H22N4O5S. The number of methoxy groups -OCH3 is 2. The van der Waals surface area contributed by atoms with Crippen LogP contribution in [0.2, 0.25) is 0 Å². The van der Waals surface area contributed by atoms with Gasteiger partial charge in [0.1, 0.15) is 11.5 Å². The summed E-state index contributed by atoms with van der Waals surface area (Å²) in [7, 11) is 3.24. The Morgan fingerprint density at radius 2 is 1.63 bits per heavy atom. The van der Waals surface area contributed by atoms with E-state index in [9.17, 15) is 4.79 Å². The molecule has 0 radical (unpaired) electrons. The fraction of sp³-hybridized carbons (Fsp3) is 0.160. The Labute approximate surface area is 206 Å². The van der Waals surface area contributed by atoms with E-state index in [0.717, 1.165) is 22.7 Å². The predicted molar refractivity (Wildman–Crippen MR) is 132 cm³/mol. The number of fused-ring (bicyclic) bond motifs is 1. The molecule has 0 aliphatic carbocycles. The number of thioether (sulfide) groups is 1. The first-order valence-electron chi connectivity index (χ1n) is 10.7. The van der Waals surface area contributed by atoms with Gasteiger partial charge in [-0.25, -0.2) is 0 Å². The van der Waals surface area contributed by atoms with E-state index >= 15 is 0 Å². The van der Waals surface area contributed by atoms with Gasteiger partial charge in [-0.3, -0.25) is 9.36 Å². The second-order valence-corrected chi connectivity index (χ2v) is 8.42. The maximum absolute atomic E-state index is 12.7. The van der Waals surface area contributed by atoms with Gasteiger partial charge in [0.05, 0.1) is 20.0 Å². The van der Waals surface area contributed by atoms with Crippen LogP contribution in [0.25, 0.3) is 17.1 Å². The van der Waals surface area contributed by atoms with Crippen molar-refractivity contribution in [1.82, 2.24) is 14.8 Å². The minimum absolute atomic E-state index is 0.144. The van der Waals surface area contributed by atoms with Gasteiger partial charge in [0, 0.05) is 23.0 Å². The van der Waals surface area contributed by atoms with Crippen molar-refractivity contribution >= 4 is 23.4 Å². The van der Waals surface area contributed by atoms with E-state index in [1.165, 1.54) is 11.8 Å². The molecule has 10 heteroatoms. The van der Waals surface area contributed by atoms with Crippen molar-refractivity contribution < 1.29 is 23.7 Å².